The molecule has 7 heteroatoms. The molecule has 2 amide bonds. The van der Waals surface area contributed by atoms with Gasteiger partial charge in [-0.15, -0.1) is 12.4 Å². The molecule has 1 heterocycles. The minimum absolute atomic E-state index is 0. The number of hydrogen-bond acceptors (Lipinski definition) is 4. The van der Waals surface area contributed by atoms with Crippen LogP contribution in [0.4, 0.5) is 0 Å². The average Bonchev–Trinajstić information content (AvgIpc) is 2.54. The van der Waals surface area contributed by atoms with Crippen LogP contribution < -0.4 is 10.1 Å². The van der Waals surface area contributed by atoms with Gasteiger partial charge in [0.2, 0.25) is 5.91 Å². The first-order valence-electron chi connectivity index (χ1n) is 7.01. The van der Waals surface area contributed by atoms with Crippen molar-refractivity contribution in [2.24, 2.45) is 0 Å². The summed E-state index contributed by atoms with van der Waals surface area (Å²) < 4.78 is 5.14. The van der Waals surface area contributed by atoms with Crippen LogP contribution in [0.15, 0.2) is 24.3 Å². The van der Waals surface area contributed by atoms with Crippen molar-refractivity contribution in [2.45, 2.75) is 0 Å². The maximum atomic E-state index is 12.4. The van der Waals surface area contributed by atoms with Gasteiger partial charge >= 0.3 is 0 Å². The Balaban J connectivity index is 0.00000242. The Morgan fingerprint density at radius 3 is 2.41 bits per heavy atom. The third kappa shape index (κ3) is 4.35. The lowest BCUT2D eigenvalue weighted by molar-refractivity contribution is -0.131. The zero-order chi connectivity index (χ0) is 15.2. The van der Waals surface area contributed by atoms with Crippen LogP contribution in [0.3, 0.4) is 0 Å². The van der Waals surface area contributed by atoms with E-state index in [2.05, 4.69) is 5.32 Å². The van der Waals surface area contributed by atoms with E-state index >= 15 is 0 Å². The Morgan fingerprint density at radius 1 is 1.18 bits per heavy atom. The van der Waals surface area contributed by atoms with Crippen molar-refractivity contribution in [3.8, 4) is 5.75 Å². The molecule has 0 bridgehead atoms. The van der Waals surface area contributed by atoms with Crippen molar-refractivity contribution < 1.29 is 14.3 Å². The molecule has 1 aliphatic rings. The van der Waals surface area contributed by atoms with Crippen LogP contribution in [0.2, 0.25) is 0 Å². The number of halogens is 1. The lowest BCUT2D eigenvalue weighted by Gasteiger charge is -2.34. The number of hydrogen-bond donors (Lipinski definition) is 1. The van der Waals surface area contributed by atoms with Crippen molar-refractivity contribution in [1.82, 2.24) is 15.1 Å². The molecule has 1 fully saturated rings. The number of methoxy groups -OCH3 is 1. The highest BCUT2D eigenvalue weighted by Crippen LogP contribution is 2.15. The van der Waals surface area contributed by atoms with E-state index in [-0.39, 0.29) is 24.2 Å². The first-order valence-corrected chi connectivity index (χ1v) is 7.01. The van der Waals surface area contributed by atoms with Crippen LogP contribution in [-0.2, 0) is 4.79 Å². The fourth-order valence-electron chi connectivity index (χ4n) is 2.36. The minimum atomic E-state index is -0.0189. The summed E-state index contributed by atoms with van der Waals surface area (Å²) in [7, 11) is 3.33. The molecule has 0 radical (unpaired) electrons. The molecule has 1 N–H and O–H groups in total. The molecule has 0 saturated carbocycles. The smallest absolute Gasteiger partial charge is 0.254 e. The van der Waals surface area contributed by atoms with Crippen LogP contribution in [0.25, 0.3) is 0 Å². The molecule has 0 aromatic heterocycles. The third-order valence-electron chi connectivity index (χ3n) is 3.56. The Hall–Kier alpha value is -1.79. The van der Waals surface area contributed by atoms with Crippen LogP contribution >= 0.6 is 12.4 Å². The van der Waals surface area contributed by atoms with Gasteiger partial charge in [-0.05, 0) is 25.2 Å². The Labute approximate surface area is 136 Å². The van der Waals surface area contributed by atoms with E-state index in [0.29, 0.717) is 44.0 Å². The number of rotatable bonds is 4. The van der Waals surface area contributed by atoms with E-state index in [0.717, 1.165) is 0 Å². The summed E-state index contributed by atoms with van der Waals surface area (Å²) in [6.07, 6.45) is 0. The molecule has 0 atom stereocenters. The van der Waals surface area contributed by atoms with E-state index in [1.165, 1.54) is 0 Å². The molecular weight excluding hydrogens is 306 g/mol. The minimum Gasteiger partial charge on any atom is -0.497 e. The molecule has 0 aliphatic carbocycles. The van der Waals surface area contributed by atoms with E-state index in [1.54, 1.807) is 42.2 Å². The second-order valence-electron chi connectivity index (χ2n) is 4.94. The van der Waals surface area contributed by atoms with Gasteiger partial charge in [-0.25, -0.2) is 0 Å². The van der Waals surface area contributed by atoms with Gasteiger partial charge in [0, 0.05) is 31.7 Å². The molecule has 2 rings (SSSR count). The fraction of sp³-hybridized carbons (Fsp3) is 0.467. The summed E-state index contributed by atoms with van der Waals surface area (Å²) in [5, 5.41) is 2.85. The third-order valence-corrected chi connectivity index (χ3v) is 3.56. The van der Waals surface area contributed by atoms with Gasteiger partial charge in [0.1, 0.15) is 5.75 Å². The second kappa shape index (κ2) is 8.60. The summed E-state index contributed by atoms with van der Waals surface area (Å²) in [5.74, 6) is 0.726. The first-order chi connectivity index (χ1) is 10.2. The van der Waals surface area contributed by atoms with E-state index in [1.807, 2.05) is 6.07 Å². The number of nitrogens with one attached hydrogen (secondary N) is 1. The SMILES string of the molecule is CNCC(=O)N1CCN(C(=O)c2cccc(OC)c2)CC1.Cl. The van der Waals surface area contributed by atoms with E-state index in [9.17, 15) is 9.59 Å². The van der Waals surface area contributed by atoms with Gasteiger partial charge in [0.25, 0.3) is 5.91 Å². The summed E-state index contributed by atoms with van der Waals surface area (Å²) in [4.78, 5) is 27.8. The molecular formula is C15H22ClN3O3. The molecule has 1 aliphatic heterocycles. The van der Waals surface area contributed by atoms with E-state index in [4.69, 9.17) is 4.74 Å². The number of carbonyl (C=O) groups excluding carboxylic acids is 2. The number of likely N-dealkylation sites (N-methyl/N-ethyl adjacent to an activating group) is 1. The zero-order valence-corrected chi connectivity index (χ0v) is 13.7. The highest BCUT2D eigenvalue weighted by atomic mass is 35.5. The van der Waals surface area contributed by atoms with Crippen LogP contribution in [0, 0.1) is 0 Å². The lowest BCUT2D eigenvalue weighted by Crippen LogP contribution is -2.52. The Kier molecular flexibility index (Phi) is 7.14. The van der Waals surface area contributed by atoms with Crippen molar-refractivity contribution in [3.63, 3.8) is 0 Å². The van der Waals surface area contributed by atoms with Crippen LogP contribution in [0.1, 0.15) is 10.4 Å². The van der Waals surface area contributed by atoms with Gasteiger partial charge in [0.15, 0.2) is 0 Å². The number of ether oxygens (including phenoxy) is 1. The van der Waals surface area contributed by atoms with Crippen molar-refractivity contribution >= 4 is 24.2 Å². The van der Waals surface area contributed by atoms with Gasteiger partial charge in [-0.3, -0.25) is 9.59 Å². The lowest BCUT2D eigenvalue weighted by atomic mass is 10.1. The number of amides is 2. The average molecular weight is 328 g/mol. The summed E-state index contributed by atoms with van der Waals surface area (Å²) >= 11 is 0. The largest absolute Gasteiger partial charge is 0.497 e. The highest BCUT2D eigenvalue weighted by Gasteiger charge is 2.24. The van der Waals surface area contributed by atoms with Gasteiger partial charge in [-0.2, -0.15) is 0 Å². The van der Waals surface area contributed by atoms with Crippen molar-refractivity contribution in [3.05, 3.63) is 29.8 Å². The highest BCUT2D eigenvalue weighted by molar-refractivity contribution is 5.94. The monoisotopic (exact) mass is 327 g/mol. The summed E-state index contributed by atoms with van der Waals surface area (Å²) in [6, 6.07) is 7.13. The normalized spacial score (nSPS) is 14.3. The Morgan fingerprint density at radius 2 is 1.82 bits per heavy atom. The molecule has 1 aromatic carbocycles. The molecule has 0 spiro atoms. The molecule has 122 valence electrons. The van der Waals surface area contributed by atoms with E-state index < -0.39 is 0 Å². The first kappa shape index (κ1) is 18.3. The van der Waals surface area contributed by atoms with Gasteiger partial charge in [0.05, 0.1) is 13.7 Å². The standard InChI is InChI=1S/C15H21N3O3.ClH/c1-16-11-14(19)17-6-8-18(9-7-17)15(20)12-4-3-5-13(10-12)21-2;/h3-5,10,16H,6-9,11H2,1-2H3;1H. The van der Waals surface area contributed by atoms with Crippen LogP contribution in [-0.4, -0.2) is 68.5 Å². The Bertz CT molecular complexity index is 517. The molecule has 0 unspecified atom stereocenters. The fourth-order valence-corrected chi connectivity index (χ4v) is 2.36. The molecule has 22 heavy (non-hydrogen) atoms. The van der Waals surface area contributed by atoms with Gasteiger partial charge < -0.3 is 19.9 Å². The predicted octanol–water partition coefficient (Wildman–Crippen LogP) is 0.621. The number of nitrogens with zero attached hydrogens (tertiary/aromatic N) is 2. The second-order valence-corrected chi connectivity index (χ2v) is 4.94. The summed E-state index contributed by atoms with van der Waals surface area (Å²) in [6.45, 7) is 2.62. The summed E-state index contributed by atoms with van der Waals surface area (Å²) in [5.41, 5.74) is 0.615. The molecule has 1 saturated heterocycles. The molecule has 1 aromatic rings. The zero-order valence-electron chi connectivity index (χ0n) is 12.9. The predicted molar refractivity (Wildman–Crippen MR) is 86.7 cm³/mol. The van der Waals surface area contributed by atoms with Crippen LogP contribution in [0.5, 0.6) is 5.75 Å². The van der Waals surface area contributed by atoms with Crippen molar-refractivity contribution in [2.75, 3.05) is 46.9 Å². The van der Waals surface area contributed by atoms with Gasteiger partial charge in [-0.1, -0.05) is 6.07 Å². The number of piperazine rings is 1. The number of carbonyl (C=O) groups is 2. The maximum absolute atomic E-state index is 12.4. The maximum Gasteiger partial charge on any atom is 0.254 e. The number of benzene rings is 1. The molecule has 6 nitrogen and oxygen atoms in total. The van der Waals surface area contributed by atoms with Crippen molar-refractivity contribution in [1.29, 1.82) is 0 Å². The topological polar surface area (TPSA) is 61.9 Å². The quantitative estimate of drug-likeness (QED) is 0.880.